The molecule has 0 radical (unpaired) electrons. The molecule has 1 aliphatic heterocycles. The van der Waals surface area contributed by atoms with Crippen LogP contribution in [0, 0.1) is 0 Å². The molecule has 0 aromatic heterocycles. The van der Waals surface area contributed by atoms with Gasteiger partial charge in [-0.25, -0.2) is 4.79 Å². The molecule has 1 aliphatic rings. The lowest BCUT2D eigenvalue weighted by Gasteiger charge is -2.36. The van der Waals surface area contributed by atoms with Crippen molar-refractivity contribution >= 4 is 23.5 Å². The highest BCUT2D eigenvalue weighted by Gasteiger charge is 2.28. The second-order valence-electron chi connectivity index (χ2n) is 6.29. The summed E-state index contributed by atoms with van der Waals surface area (Å²) in [4.78, 5) is 26.1. The number of halogens is 1. The number of benzene rings is 2. The summed E-state index contributed by atoms with van der Waals surface area (Å²) in [5.74, 6) is -1.05. The number of carbonyl (C=O) groups is 2. The van der Waals surface area contributed by atoms with E-state index in [2.05, 4.69) is 0 Å². The summed E-state index contributed by atoms with van der Waals surface area (Å²) in [6.45, 7) is 0.686. The van der Waals surface area contributed by atoms with Gasteiger partial charge in [0, 0.05) is 11.6 Å². The van der Waals surface area contributed by atoms with E-state index >= 15 is 0 Å². The Labute approximate surface area is 152 Å². The molecule has 0 bridgehead atoms. The highest BCUT2D eigenvalue weighted by Crippen LogP contribution is 2.32. The molecule has 3 rings (SSSR count). The fourth-order valence-corrected chi connectivity index (χ4v) is 3.64. The Morgan fingerprint density at radius 1 is 1.12 bits per heavy atom. The van der Waals surface area contributed by atoms with E-state index in [-0.39, 0.29) is 23.9 Å². The zero-order valence-corrected chi connectivity index (χ0v) is 14.6. The third-order valence-corrected chi connectivity index (χ3v) is 4.88. The number of carboxylic acids is 1. The molecular formula is C20H20ClNO3. The second-order valence-corrected chi connectivity index (χ2v) is 6.73. The van der Waals surface area contributed by atoms with Gasteiger partial charge in [0.15, 0.2) is 0 Å². The molecule has 0 spiro atoms. The summed E-state index contributed by atoms with van der Waals surface area (Å²) in [5.41, 5.74) is 1.77. The minimum Gasteiger partial charge on any atom is -0.478 e. The van der Waals surface area contributed by atoms with E-state index in [1.807, 2.05) is 29.2 Å². The topological polar surface area (TPSA) is 57.6 Å². The van der Waals surface area contributed by atoms with Gasteiger partial charge >= 0.3 is 5.97 Å². The number of hydrogen-bond acceptors (Lipinski definition) is 2. The Bertz CT molecular complexity index is 790. The number of carbonyl (C=O) groups excluding carboxylic acids is 1. The first-order chi connectivity index (χ1) is 12.1. The van der Waals surface area contributed by atoms with E-state index in [4.69, 9.17) is 11.6 Å². The fraction of sp³-hybridized carbons (Fsp3) is 0.300. The summed E-state index contributed by atoms with van der Waals surface area (Å²) in [5, 5.41) is 9.97. The second kappa shape index (κ2) is 7.70. The van der Waals surface area contributed by atoms with Crippen molar-refractivity contribution in [1.29, 1.82) is 0 Å². The maximum Gasteiger partial charge on any atom is 0.335 e. The monoisotopic (exact) mass is 357 g/mol. The largest absolute Gasteiger partial charge is 0.478 e. The number of nitrogens with zero attached hydrogens (tertiary/aromatic N) is 1. The highest BCUT2D eigenvalue weighted by molar-refractivity contribution is 6.30. The SMILES string of the molecule is O=C(O)c1ccccc1CC(=O)N1CCCCC1c1cccc(Cl)c1. The summed E-state index contributed by atoms with van der Waals surface area (Å²) in [7, 11) is 0. The summed E-state index contributed by atoms with van der Waals surface area (Å²) < 4.78 is 0. The van der Waals surface area contributed by atoms with Crippen molar-refractivity contribution < 1.29 is 14.7 Å². The maximum atomic E-state index is 12.9. The molecule has 130 valence electrons. The van der Waals surface area contributed by atoms with Crippen LogP contribution < -0.4 is 0 Å². The standard InChI is InChI=1S/C20H20ClNO3/c21-16-8-5-7-15(12-16)18-10-3-4-11-22(18)19(23)13-14-6-1-2-9-17(14)20(24)25/h1-2,5-9,12,18H,3-4,10-11,13H2,(H,24,25). The van der Waals surface area contributed by atoms with Gasteiger partial charge in [0.25, 0.3) is 0 Å². The number of rotatable bonds is 4. The first-order valence-electron chi connectivity index (χ1n) is 8.42. The lowest BCUT2D eigenvalue weighted by molar-refractivity contribution is -0.134. The average molecular weight is 358 g/mol. The predicted octanol–water partition coefficient (Wildman–Crippen LogP) is 4.33. The van der Waals surface area contributed by atoms with Crippen molar-refractivity contribution in [3.05, 3.63) is 70.2 Å². The van der Waals surface area contributed by atoms with Crippen LogP contribution >= 0.6 is 11.6 Å². The predicted molar refractivity (Wildman–Crippen MR) is 96.9 cm³/mol. The Balaban J connectivity index is 1.83. The Kier molecular flexibility index (Phi) is 5.39. The molecule has 0 saturated carbocycles. The molecule has 1 heterocycles. The molecule has 1 fully saturated rings. The van der Waals surface area contributed by atoms with E-state index in [1.165, 1.54) is 6.07 Å². The number of aromatic carboxylic acids is 1. The van der Waals surface area contributed by atoms with Crippen molar-refractivity contribution in [3.8, 4) is 0 Å². The lowest BCUT2D eigenvalue weighted by Crippen LogP contribution is -2.39. The summed E-state index contributed by atoms with van der Waals surface area (Å²) >= 11 is 6.11. The quantitative estimate of drug-likeness (QED) is 0.885. The Morgan fingerprint density at radius 3 is 2.68 bits per heavy atom. The Hall–Kier alpha value is -2.33. The van der Waals surface area contributed by atoms with Crippen molar-refractivity contribution in [2.24, 2.45) is 0 Å². The van der Waals surface area contributed by atoms with Crippen LogP contribution in [0.4, 0.5) is 0 Å². The van der Waals surface area contributed by atoms with Crippen molar-refractivity contribution in [1.82, 2.24) is 4.90 Å². The Morgan fingerprint density at radius 2 is 1.92 bits per heavy atom. The third kappa shape index (κ3) is 4.02. The van der Waals surface area contributed by atoms with Gasteiger partial charge in [-0.2, -0.15) is 0 Å². The number of amides is 1. The first kappa shape index (κ1) is 17.5. The van der Waals surface area contributed by atoms with Gasteiger partial charge in [-0.3, -0.25) is 4.79 Å². The molecule has 1 unspecified atom stereocenters. The van der Waals surface area contributed by atoms with Crippen LogP contribution in [-0.2, 0) is 11.2 Å². The van der Waals surface area contributed by atoms with Gasteiger partial charge in [-0.1, -0.05) is 41.9 Å². The van der Waals surface area contributed by atoms with Gasteiger partial charge in [0.05, 0.1) is 18.0 Å². The minimum atomic E-state index is -1.01. The van der Waals surface area contributed by atoms with Crippen molar-refractivity contribution in [2.45, 2.75) is 31.7 Å². The normalized spacial score (nSPS) is 17.3. The molecule has 5 heteroatoms. The highest BCUT2D eigenvalue weighted by atomic mass is 35.5. The molecule has 4 nitrogen and oxygen atoms in total. The number of piperidine rings is 1. The van der Waals surface area contributed by atoms with E-state index in [0.717, 1.165) is 24.8 Å². The van der Waals surface area contributed by atoms with Crippen molar-refractivity contribution in [2.75, 3.05) is 6.54 Å². The van der Waals surface area contributed by atoms with Crippen LogP contribution in [0.1, 0.15) is 46.8 Å². The maximum absolute atomic E-state index is 12.9. The molecule has 2 aromatic rings. The summed E-state index contributed by atoms with van der Waals surface area (Å²) in [6, 6.07) is 14.3. The van der Waals surface area contributed by atoms with Crippen LogP contribution in [0.15, 0.2) is 48.5 Å². The number of hydrogen-bond donors (Lipinski definition) is 1. The van der Waals surface area contributed by atoms with E-state index in [0.29, 0.717) is 17.1 Å². The molecular weight excluding hydrogens is 338 g/mol. The van der Waals surface area contributed by atoms with Gasteiger partial charge < -0.3 is 10.0 Å². The fourth-order valence-electron chi connectivity index (χ4n) is 3.44. The first-order valence-corrected chi connectivity index (χ1v) is 8.80. The zero-order valence-electron chi connectivity index (χ0n) is 13.8. The molecule has 1 N–H and O–H groups in total. The lowest BCUT2D eigenvalue weighted by atomic mass is 9.94. The molecule has 1 atom stereocenters. The molecule has 25 heavy (non-hydrogen) atoms. The zero-order chi connectivity index (χ0) is 17.8. The number of carboxylic acid groups (broad SMARTS) is 1. The van der Waals surface area contributed by atoms with E-state index < -0.39 is 5.97 Å². The molecule has 1 amide bonds. The van der Waals surface area contributed by atoms with Crippen LogP contribution in [0.5, 0.6) is 0 Å². The van der Waals surface area contributed by atoms with Crippen LogP contribution in [-0.4, -0.2) is 28.4 Å². The van der Waals surface area contributed by atoms with Gasteiger partial charge in [-0.15, -0.1) is 0 Å². The van der Waals surface area contributed by atoms with Crippen LogP contribution in [0.2, 0.25) is 5.02 Å². The van der Waals surface area contributed by atoms with Crippen molar-refractivity contribution in [3.63, 3.8) is 0 Å². The van der Waals surface area contributed by atoms with Gasteiger partial charge in [0.1, 0.15) is 0 Å². The van der Waals surface area contributed by atoms with E-state index in [1.54, 1.807) is 18.2 Å². The average Bonchev–Trinajstić information content (AvgIpc) is 2.62. The van der Waals surface area contributed by atoms with Gasteiger partial charge in [-0.05, 0) is 48.6 Å². The summed E-state index contributed by atoms with van der Waals surface area (Å²) in [6.07, 6.45) is 3.02. The molecule has 1 saturated heterocycles. The van der Waals surface area contributed by atoms with E-state index in [9.17, 15) is 14.7 Å². The van der Waals surface area contributed by atoms with Gasteiger partial charge in [0.2, 0.25) is 5.91 Å². The third-order valence-electron chi connectivity index (χ3n) is 4.65. The molecule has 2 aromatic carbocycles. The smallest absolute Gasteiger partial charge is 0.335 e. The minimum absolute atomic E-state index is 0.00283. The molecule has 0 aliphatic carbocycles. The van der Waals surface area contributed by atoms with Crippen LogP contribution in [0.25, 0.3) is 0 Å². The number of likely N-dealkylation sites (tertiary alicyclic amines) is 1. The van der Waals surface area contributed by atoms with Crippen LogP contribution in [0.3, 0.4) is 0 Å².